The van der Waals surface area contributed by atoms with Gasteiger partial charge in [0, 0.05) is 5.56 Å². The van der Waals surface area contributed by atoms with Crippen LogP contribution in [0.5, 0.6) is 11.5 Å². The van der Waals surface area contributed by atoms with Crippen LogP contribution in [0.4, 0.5) is 5.82 Å². The van der Waals surface area contributed by atoms with Gasteiger partial charge in [-0.2, -0.15) is 10.5 Å². The lowest BCUT2D eigenvalue weighted by atomic mass is 9.95. The molecule has 36 heavy (non-hydrogen) atoms. The third-order valence-electron chi connectivity index (χ3n) is 6.13. The van der Waals surface area contributed by atoms with Crippen molar-refractivity contribution in [3.8, 4) is 23.6 Å². The molecular weight excluding hydrogens is 456 g/mol. The number of ether oxygens (including phenoxy) is 2. The molecule has 3 aromatic rings. The number of fused-ring (bicyclic) bond motifs is 1. The summed E-state index contributed by atoms with van der Waals surface area (Å²) in [6.07, 6.45) is 1.93. The van der Waals surface area contributed by atoms with Gasteiger partial charge in [-0.25, -0.2) is 4.98 Å². The first kappa shape index (κ1) is 24.1. The van der Waals surface area contributed by atoms with Crippen LogP contribution >= 0.6 is 0 Å². The molecular formula is C28H22N4O4. The molecule has 0 fully saturated rings. The summed E-state index contributed by atoms with van der Waals surface area (Å²) < 4.78 is 11.4. The van der Waals surface area contributed by atoms with Crippen LogP contribution in [0.1, 0.15) is 50.8 Å². The maximum absolute atomic E-state index is 10.9. The number of carbonyl (C=O) groups is 1. The van der Waals surface area contributed by atoms with Crippen LogP contribution in [0, 0.1) is 29.6 Å². The minimum absolute atomic E-state index is 0.100. The Hall–Kier alpha value is -5.08. The van der Waals surface area contributed by atoms with Gasteiger partial charge in [0.1, 0.15) is 29.9 Å². The molecule has 1 aliphatic carbocycles. The fourth-order valence-electron chi connectivity index (χ4n) is 4.23. The molecule has 0 saturated heterocycles. The van der Waals surface area contributed by atoms with E-state index in [2.05, 4.69) is 17.1 Å². The van der Waals surface area contributed by atoms with Crippen molar-refractivity contribution in [1.82, 2.24) is 0 Å². The van der Waals surface area contributed by atoms with Gasteiger partial charge < -0.3 is 19.4 Å². The Labute approximate surface area is 208 Å². The highest BCUT2D eigenvalue weighted by Crippen LogP contribution is 2.43. The van der Waals surface area contributed by atoms with Crippen LogP contribution in [-0.2, 0) is 6.61 Å². The Morgan fingerprint density at radius 2 is 1.83 bits per heavy atom. The molecule has 0 bridgehead atoms. The number of nitriles is 2. The van der Waals surface area contributed by atoms with E-state index in [1.165, 1.54) is 12.1 Å². The average molecular weight is 479 g/mol. The molecule has 3 N–H and O–H groups in total. The molecule has 0 aliphatic heterocycles. The monoisotopic (exact) mass is 478 g/mol. The molecule has 1 heterocycles. The van der Waals surface area contributed by atoms with Crippen LogP contribution in [0.2, 0.25) is 0 Å². The smallest absolute Gasteiger partial charge is 0.289 e. The van der Waals surface area contributed by atoms with Gasteiger partial charge in [0.05, 0.1) is 13.1 Å². The normalized spacial score (nSPS) is 13.2. The second-order valence-corrected chi connectivity index (χ2v) is 8.25. The van der Waals surface area contributed by atoms with Crippen LogP contribution in [0.15, 0.2) is 48.0 Å². The Bertz CT molecular complexity index is 1540. The van der Waals surface area contributed by atoms with Crippen LogP contribution in [0.3, 0.4) is 0 Å². The quantitative estimate of drug-likeness (QED) is 0.573. The van der Waals surface area contributed by atoms with E-state index >= 15 is 0 Å². The van der Waals surface area contributed by atoms with Gasteiger partial charge in [-0.1, -0.05) is 30.3 Å². The Morgan fingerprint density at radius 3 is 2.44 bits per heavy atom. The fraction of sp³-hybridized carbons (Fsp3) is 0.143. The minimum Gasteiger partial charge on any atom is -0.545 e. The third-order valence-corrected chi connectivity index (χ3v) is 6.13. The number of aromatic nitrogens is 1. The number of hydrogen-bond acceptors (Lipinski definition) is 7. The summed E-state index contributed by atoms with van der Waals surface area (Å²) in [6.45, 7) is 3.90. The van der Waals surface area contributed by atoms with Crippen molar-refractivity contribution in [2.45, 2.75) is 20.5 Å². The summed E-state index contributed by atoms with van der Waals surface area (Å²) in [6, 6.07) is 16.1. The molecule has 2 aromatic carbocycles. The maximum atomic E-state index is 10.9. The van der Waals surface area contributed by atoms with Crippen molar-refractivity contribution in [3.05, 3.63) is 87.1 Å². The van der Waals surface area contributed by atoms with Gasteiger partial charge in [-0.15, -0.1) is 0 Å². The number of pyridine rings is 1. The molecule has 0 unspecified atom stereocenters. The van der Waals surface area contributed by atoms with E-state index in [-0.39, 0.29) is 18.0 Å². The molecule has 0 spiro atoms. The predicted molar refractivity (Wildman–Crippen MR) is 131 cm³/mol. The first-order valence-corrected chi connectivity index (χ1v) is 11.0. The van der Waals surface area contributed by atoms with Gasteiger partial charge >= 0.3 is 0 Å². The van der Waals surface area contributed by atoms with E-state index in [9.17, 15) is 20.4 Å². The first-order valence-electron chi connectivity index (χ1n) is 11.0. The Kier molecular flexibility index (Phi) is 6.45. The number of nitrogens with one attached hydrogen (secondary N) is 1. The average Bonchev–Trinajstić information content (AvgIpc) is 3.13. The van der Waals surface area contributed by atoms with Crippen molar-refractivity contribution in [3.63, 3.8) is 0 Å². The number of aromatic amines is 1. The summed E-state index contributed by atoms with van der Waals surface area (Å²) in [5, 5.41) is 30.2. The highest BCUT2D eigenvalue weighted by Gasteiger charge is 2.32. The lowest BCUT2D eigenvalue weighted by Crippen LogP contribution is -2.22. The SMILES string of the molecule is COc1cc(/C=C2/C(C)=C(C#N)c3[nH+]c(N)c(C#N)c(C)c32)ccc1OCc1ccc(C(=O)[O-])cc1. The highest BCUT2D eigenvalue weighted by molar-refractivity contribution is 6.07. The van der Waals surface area contributed by atoms with E-state index < -0.39 is 5.97 Å². The number of nitrogens with zero attached hydrogens (tertiary/aromatic N) is 2. The maximum Gasteiger partial charge on any atom is 0.289 e. The zero-order valence-corrected chi connectivity index (χ0v) is 19.9. The number of allylic oxidation sites excluding steroid dienone is 3. The van der Waals surface area contributed by atoms with Crippen LogP contribution in [-0.4, -0.2) is 13.1 Å². The number of rotatable bonds is 6. The second kappa shape index (κ2) is 9.65. The zero-order chi connectivity index (χ0) is 26.0. The molecule has 4 rings (SSSR count). The topological polar surface area (TPSA) is 146 Å². The predicted octanol–water partition coefficient (Wildman–Crippen LogP) is 3.07. The molecule has 1 aliphatic rings. The number of anilines is 1. The summed E-state index contributed by atoms with van der Waals surface area (Å²) in [7, 11) is 1.54. The largest absolute Gasteiger partial charge is 0.545 e. The van der Waals surface area contributed by atoms with Crippen molar-refractivity contribution in [1.29, 1.82) is 10.5 Å². The Morgan fingerprint density at radius 1 is 1.11 bits per heavy atom. The summed E-state index contributed by atoms with van der Waals surface area (Å²) >= 11 is 0. The zero-order valence-electron chi connectivity index (χ0n) is 19.9. The van der Waals surface area contributed by atoms with Gasteiger partial charge in [0.25, 0.3) is 5.82 Å². The molecule has 178 valence electrons. The van der Waals surface area contributed by atoms with Crippen LogP contribution in [0.25, 0.3) is 17.2 Å². The number of carboxylic acid groups (broad SMARTS) is 1. The number of benzene rings is 2. The number of carbonyl (C=O) groups excluding carboxylic acids is 1. The number of nitrogens with two attached hydrogens (primary N) is 1. The van der Waals surface area contributed by atoms with E-state index in [1.54, 1.807) is 25.3 Å². The minimum atomic E-state index is -1.23. The molecule has 0 saturated carbocycles. The van der Waals surface area contributed by atoms with Crippen molar-refractivity contribution in [2.24, 2.45) is 0 Å². The number of aromatic carboxylic acids is 1. The first-order chi connectivity index (χ1) is 17.3. The summed E-state index contributed by atoms with van der Waals surface area (Å²) in [5.41, 5.74) is 12.2. The number of nitrogen functional groups attached to an aromatic ring is 1. The highest BCUT2D eigenvalue weighted by atomic mass is 16.5. The molecule has 0 amide bonds. The number of carboxylic acids is 1. The number of methoxy groups -OCH3 is 1. The van der Waals surface area contributed by atoms with Crippen molar-refractivity contribution in [2.75, 3.05) is 12.8 Å². The van der Waals surface area contributed by atoms with E-state index in [1.807, 2.05) is 32.1 Å². The molecule has 8 heteroatoms. The standard InChI is InChI=1S/C28H22N4O4/c1-15-20(25-16(2)22(13-30)27(31)32-26(25)21(15)12-29)10-18-6-9-23(24(11-18)35-3)36-14-17-4-7-19(8-5-17)28(33)34/h4-11H,14H2,1-3H3,(H2,31,32)(H,33,34)/b20-10-. The summed E-state index contributed by atoms with van der Waals surface area (Å²) in [4.78, 5) is 13.9. The second-order valence-electron chi connectivity index (χ2n) is 8.25. The molecule has 0 radical (unpaired) electrons. The Balaban J connectivity index is 1.67. The van der Waals surface area contributed by atoms with Crippen LogP contribution < -0.4 is 25.3 Å². The fourth-order valence-corrected chi connectivity index (χ4v) is 4.23. The summed E-state index contributed by atoms with van der Waals surface area (Å²) in [5.74, 6) is 0.0259. The molecule has 0 atom stereocenters. The van der Waals surface area contributed by atoms with Crippen molar-refractivity contribution < 1.29 is 24.4 Å². The van der Waals surface area contributed by atoms with Gasteiger partial charge in [0.15, 0.2) is 17.2 Å². The van der Waals surface area contributed by atoms with E-state index in [0.29, 0.717) is 33.9 Å². The number of hydrogen-bond donors (Lipinski definition) is 1. The van der Waals surface area contributed by atoms with E-state index in [4.69, 9.17) is 15.2 Å². The molecule has 1 aromatic heterocycles. The van der Waals surface area contributed by atoms with Gasteiger partial charge in [-0.3, -0.25) is 5.73 Å². The van der Waals surface area contributed by atoms with Gasteiger partial charge in [0.2, 0.25) is 0 Å². The van der Waals surface area contributed by atoms with Gasteiger partial charge in [-0.05, 0) is 65.5 Å². The van der Waals surface area contributed by atoms with E-state index in [0.717, 1.165) is 27.8 Å². The van der Waals surface area contributed by atoms with Crippen molar-refractivity contribution >= 4 is 29.0 Å². The molecule has 8 nitrogen and oxygen atoms in total. The lowest BCUT2D eigenvalue weighted by molar-refractivity contribution is -0.364. The lowest BCUT2D eigenvalue weighted by Gasteiger charge is -2.13. The third kappa shape index (κ3) is 4.24. The number of H-pyrrole nitrogens is 1.